The van der Waals surface area contributed by atoms with E-state index in [0.717, 1.165) is 6.42 Å². The fourth-order valence-corrected chi connectivity index (χ4v) is 0.340. The number of allylic oxidation sites excluding steroid dienone is 4. The summed E-state index contributed by atoms with van der Waals surface area (Å²) in [5, 5.41) is 28.6. The van der Waals surface area contributed by atoms with Crippen LogP contribution in [-0.4, -0.2) is 18.3 Å². The Hall–Kier alpha value is 0.0743. The number of rotatable bonds is 0. The van der Waals surface area contributed by atoms with Crippen LogP contribution in [0, 0.1) is 13.0 Å². The second-order valence-electron chi connectivity index (χ2n) is 4.15. The summed E-state index contributed by atoms with van der Waals surface area (Å²) in [6.07, 6.45) is 8.75. The van der Waals surface area contributed by atoms with E-state index in [9.17, 15) is 15.3 Å². The van der Waals surface area contributed by atoms with Gasteiger partial charge in [-0.25, -0.2) is 12.2 Å². The molecule has 1 rings (SSSR count). The molecule has 0 atom stereocenters. The van der Waals surface area contributed by atoms with Gasteiger partial charge in [0.1, 0.15) is 0 Å². The van der Waals surface area contributed by atoms with Crippen LogP contribution in [0.25, 0.3) is 0 Å². The maximum absolute atomic E-state index is 9.53. The van der Waals surface area contributed by atoms with E-state index in [1.165, 1.54) is 0 Å². The molecule has 0 fully saturated rings. The first-order valence-corrected chi connectivity index (χ1v) is 6.60. The first-order valence-electron chi connectivity index (χ1n) is 6.60. The summed E-state index contributed by atoms with van der Waals surface area (Å²) in [7, 11) is 0. The normalized spacial score (nSPS) is 10.1. The molecular formula is C16H31O3Ti-2. The van der Waals surface area contributed by atoms with Gasteiger partial charge >= 0.3 is 21.7 Å². The van der Waals surface area contributed by atoms with Crippen molar-refractivity contribution in [1.82, 2.24) is 0 Å². The molecule has 119 valence electrons. The Kier molecular flexibility index (Phi) is 50.6. The fourth-order valence-electron chi connectivity index (χ4n) is 0.340. The summed E-state index contributed by atoms with van der Waals surface area (Å²) in [5.74, 6) is 0. The molecule has 1 aliphatic carbocycles. The molecule has 1 radical (unpaired) electrons. The third-order valence-electron chi connectivity index (χ3n) is 0.586. The van der Waals surface area contributed by atoms with Crippen molar-refractivity contribution in [3.63, 3.8) is 0 Å². The smallest absolute Gasteiger partial charge is 0.852 e. The Bertz CT molecular complexity index is 144. The Labute approximate surface area is 141 Å². The molecule has 20 heavy (non-hydrogen) atoms. The Balaban J connectivity index is -0.0000000476. The minimum absolute atomic E-state index is 0. The van der Waals surface area contributed by atoms with Gasteiger partial charge in [-0.2, -0.15) is 13.0 Å². The van der Waals surface area contributed by atoms with Crippen molar-refractivity contribution >= 4 is 0 Å². The molecule has 0 N–H and O–H groups in total. The van der Waals surface area contributed by atoms with E-state index in [2.05, 4.69) is 19.1 Å². The summed E-state index contributed by atoms with van der Waals surface area (Å²) in [4.78, 5) is 0. The van der Waals surface area contributed by atoms with Crippen molar-refractivity contribution in [2.75, 3.05) is 0 Å². The van der Waals surface area contributed by atoms with E-state index in [0.29, 0.717) is 0 Å². The first kappa shape index (κ1) is 32.1. The van der Waals surface area contributed by atoms with Gasteiger partial charge in [0, 0.05) is 0 Å². The van der Waals surface area contributed by atoms with E-state index >= 15 is 0 Å². The SMILES string of the molecule is CC(C)[O-].CC(C)[O-].CC(C)[O-].[C-]1=CC=CC1.[CH2-]C.[Ti+3]. The number of hydrogen-bond donors (Lipinski definition) is 0. The van der Waals surface area contributed by atoms with Crippen molar-refractivity contribution < 1.29 is 37.0 Å². The van der Waals surface area contributed by atoms with Crippen LogP contribution in [0.1, 0.15) is 54.9 Å². The maximum Gasteiger partial charge on any atom is 3.00 e. The molecule has 0 bridgehead atoms. The Morgan fingerprint density at radius 3 is 1.15 bits per heavy atom. The van der Waals surface area contributed by atoms with Crippen LogP contribution < -0.4 is 15.3 Å². The average Bonchev–Trinajstić information content (AvgIpc) is 2.74. The van der Waals surface area contributed by atoms with Crippen molar-refractivity contribution in [3.05, 3.63) is 31.2 Å². The molecule has 0 unspecified atom stereocenters. The van der Waals surface area contributed by atoms with Crippen molar-refractivity contribution in [2.24, 2.45) is 0 Å². The van der Waals surface area contributed by atoms with Gasteiger partial charge in [0.15, 0.2) is 0 Å². The first-order chi connectivity index (χ1) is 8.70. The molecule has 3 nitrogen and oxygen atoms in total. The average molecular weight is 319 g/mol. The van der Waals surface area contributed by atoms with Crippen LogP contribution in [0.2, 0.25) is 0 Å². The van der Waals surface area contributed by atoms with Crippen LogP contribution in [0.4, 0.5) is 0 Å². The topological polar surface area (TPSA) is 69.2 Å². The van der Waals surface area contributed by atoms with Crippen LogP contribution in [0.3, 0.4) is 0 Å². The van der Waals surface area contributed by atoms with E-state index in [4.69, 9.17) is 0 Å². The van der Waals surface area contributed by atoms with Gasteiger partial charge in [-0.3, -0.25) is 6.08 Å². The second kappa shape index (κ2) is 31.5. The summed E-state index contributed by atoms with van der Waals surface area (Å²) in [6.45, 7) is 14.7. The zero-order chi connectivity index (χ0) is 16.3. The molecule has 4 heteroatoms. The molecule has 0 saturated heterocycles. The molecule has 0 aromatic carbocycles. The van der Waals surface area contributed by atoms with Gasteiger partial charge in [0.2, 0.25) is 0 Å². The van der Waals surface area contributed by atoms with Gasteiger partial charge in [0.25, 0.3) is 0 Å². The van der Waals surface area contributed by atoms with E-state index in [1.54, 1.807) is 48.5 Å². The zero-order valence-electron chi connectivity index (χ0n) is 14.1. The molecule has 0 heterocycles. The Morgan fingerprint density at radius 2 is 1.10 bits per heavy atom. The quantitative estimate of drug-likeness (QED) is 0.501. The van der Waals surface area contributed by atoms with Crippen molar-refractivity contribution in [1.29, 1.82) is 0 Å². The predicted octanol–water partition coefficient (Wildman–Crippen LogP) is 1.41. The summed E-state index contributed by atoms with van der Waals surface area (Å²) in [5.41, 5.74) is 0. The summed E-state index contributed by atoms with van der Waals surface area (Å²) >= 11 is 0. The standard InChI is InChI=1S/C5H5.3C3H7O.C2H5.Ti/c1-2-4-5-3-1;3*1-3(2)4;1-2;/h1-3H,4H2;3*3H,1-2H3;1H2,2H3;/q5*-1;+3. The fraction of sp³-hybridized carbons (Fsp3) is 0.688. The van der Waals surface area contributed by atoms with E-state index in [-0.39, 0.29) is 21.7 Å². The van der Waals surface area contributed by atoms with E-state index in [1.807, 2.05) is 12.2 Å². The summed E-state index contributed by atoms with van der Waals surface area (Å²) < 4.78 is 0. The summed E-state index contributed by atoms with van der Waals surface area (Å²) in [6, 6.07) is 0. The molecule has 0 aliphatic heterocycles. The molecule has 1 aliphatic rings. The van der Waals surface area contributed by atoms with Crippen LogP contribution >= 0.6 is 0 Å². The predicted molar refractivity (Wildman–Crippen MR) is 78.0 cm³/mol. The van der Waals surface area contributed by atoms with Gasteiger partial charge < -0.3 is 22.2 Å². The third-order valence-corrected chi connectivity index (χ3v) is 0.586. The minimum atomic E-state index is -0.417. The zero-order valence-corrected chi connectivity index (χ0v) is 15.7. The van der Waals surface area contributed by atoms with Gasteiger partial charge in [-0.05, 0) is 0 Å². The molecule has 0 aromatic heterocycles. The van der Waals surface area contributed by atoms with Crippen LogP contribution in [0.15, 0.2) is 18.2 Å². The minimum Gasteiger partial charge on any atom is -0.852 e. The van der Waals surface area contributed by atoms with Gasteiger partial charge in [0.05, 0.1) is 0 Å². The van der Waals surface area contributed by atoms with Crippen LogP contribution in [-0.2, 0) is 21.7 Å². The van der Waals surface area contributed by atoms with Gasteiger partial charge in [-0.1, -0.05) is 41.5 Å². The molecule has 0 amide bonds. The second-order valence-corrected chi connectivity index (χ2v) is 4.15. The molecular weight excluding hydrogens is 288 g/mol. The monoisotopic (exact) mass is 319 g/mol. The van der Waals surface area contributed by atoms with Crippen molar-refractivity contribution in [3.8, 4) is 0 Å². The van der Waals surface area contributed by atoms with Crippen LogP contribution in [0.5, 0.6) is 0 Å². The van der Waals surface area contributed by atoms with Crippen molar-refractivity contribution in [2.45, 2.75) is 73.2 Å². The molecule has 0 spiro atoms. The maximum atomic E-state index is 9.53. The largest absolute Gasteiger partial charge is 3.00 e. The van der Waals surface area contributed by atoms with Gasteiger partial charge in [-0.15, -0.1) is 24.7 Å². The molecule has 0 saturated carbocycles. The van der Waals surface area contributed by atoms with E-state index < -0.39 is 18.3 Å². The third kappa shape index (κ3) is 205. The Morgan fingerprint density at radius 1 is 0.850 bits per heavy atom. The number of hydrogen-bond acceptors (Lipinski definition) is 3. The molecule has 0 aromatic rings.